The van der Waals surface area contributed by atoms with Crippen molar-refractivity contribution in [1.82, 2.24) is 4.90 Å². The average molecular weight is 304 g/mol. The van der Waals surface area contributed by atoms with E-state index >= 15 is 0 Å². The van der Waals surface area contributed by atoms with Crippen molar-refractivity contribution in [3.8, 4) is 0 Å². The molecule has 0 atom stereocenters. The summed E-state index contributed by atoms with van der Waals surface area (Å²) in [5.74, 6) is -0.181. The van der Waals surface area contributed by atoms with Crippen molar-refractivity contribution < 1.29 is 4.39 Å². The van der Waals surface area contributed by atoms with Crippen LogP contribution in [0.5, 0.6) is 0 Å². The highest BCUT2D eigenvalue weighted by molar-refractivity contribution is 7.99. The molecule has 0 aliphatic heterocycles. The summed E-state index contributed by atoms with van der Waals surface area (Å²) < 4.78 is 14.0. The van der Waals surface area contributed by atoms with Crippen molar-refractivity contribution in [3.63, 3.8) is 0 Å². The Morgan fingerprint density at radius 2 is 1.81 bits per heavy atom. The van der Waals surface area contributed by atoms with Gasteiger partial charge in [-0.25, -0.2) is 4.39 Å². The molecule has 0 aliphatic rings. The molecule has 2 aromatic carbocycles. The Labute approximate surface area is 130 Å². The lowest BCUT2D eigenvalue weighted by atomic mass is 10.1. The highest BCUT2D eigenvalue weighted by Crippen LogP contribution is 2.35. The summed E-state index contributed by atoms with van der Waals surface area (Å²) in [5.41, 5.74) is 8.58. The van der Waals surface area contributed by atoms with Crippen LogP contribution in [0.1, 0.15) is 18.1 Å². The molecule has 2 N–H and O–H groups in total. The molecule has 2 aromatic rings. The number of nitrogens with zero attached hydrogens (tertiary/aromatic N) is 1. The van der Waals surface area contributed by atoms with E-state index in [1.165, 1.54) is 17.3 Å². The van der Waals surface area contributed by atoms with Crippen LogP contribution in [0, 0.1) is 5.82 Å². The van der Waals surface area contributed by atoms with E-state index in [0.29, 0.717) is 17.7 Å². The maximum Gasteiger partial charge on any atom is 0.127 e. The van der Waals surface area contributed by atoms with Gasteiger partial charge < -0.3 is 10.6 Å². The van der Waals surface area contributed by atoms with E-state index in [-0.39, 0.29) is 5.82 Å². The number of nitrogens with two attached hydrogens (primary N) is 1. The zero-order valence-electron chi connectivity index (χ0n) is 12.7. The standard InChI is InChI=1S/C17H21FN2S/c1-4-12-9-15(19)17(10-14(12)18)21-16-8-6-5-7-13(16)11-20(2)3/h5-10H,4,11,19H2,1-3H3. The molecule has 0 saturated heterocycles. The van der Waals surface area contributed by atoms with Gasteiger partial charge >= 0.3 is 0 Å². The predicted molar refractivity (Wildman–Crippen MR) is 88.1 cm³/mol. The van der Waals surface area contributed by atoms with Crippen molar-refractivity contribution in [3.05, 3.63) is 53.3 Å². The topological polar surface area (TPSA) is 29.3 Å². The van der Waals surface area contributed by atoms with E-state index in [0.717, 1.165) is 16.3 Å². The molecule has 0 saturated carbocycles. The number of halogens is 1. The second-order valence-electron chi connectivity index (χ2n) is 5.28. The zero-order chi connectivity index (χ0) is 15.4. The number of rotatable bonds is 5. The number of benzene rings is 2. The molecule has 2 rings (SSSR count). The van der Waals surface area contributed by atoms with Crippen LogP contribution in [-0.4, -0.2) is 19.0 Å². The van der Waals surface area contributed by atoms with Gasteiger partial charge in [0.2, 0.25) is 0 Å². The summed E-state index contributed by atoms with van der Waals surface area (Å²) in [7, 11) is 4.07. The minimum Gasteiger partial charge on any atom is -0.398 e. The van der Waals surface area contributed by atoms with Crippen LogP contribution in [0.4, 0.5) is 10.1 Å². The van der Waals surface area contributed by atoms with Gasteiger partial charge in [-0.2, -0.15) is 0 Å². The van der Waals surface area contributed by atoms with Gasteiger partial charge in [0.25, 0.3) is 0 Å². The van der Waals surface area contributed by atoms with Crippen LogP contribution >= 0.6 is 11.8 Å². The molecule has 0 heterocycles. The third-order valence-electron chi connectivity index (χ3n) is 3.24. The maximum absolute atomic E-state index is 14.0. The second kappa shape index (κ2) is 6.96. The molecule has 4 heteroatoms. The SMILES string of the molecule is CCc1cc(N)c(Sc2ccccc2CN(C)C)cc1F. The summed E-state index contributed by atoms with van der Waals surface area (Å²) in [6.07, 6.45) is 0.651. The van der Waals surface area contributed by atoms with Gasteiger partial charge in [-0.3, -0.25) is 0 Å². The highest BCUT2D eigenvalue weighted by Gasteiger charge is 2.11. The van der Waals surface area contributed by atoms with E-state index in [1.807, 2.05) is 33.2 Å². The van der Waals surface area contributed by atoms with Crippen LogP contribution < -0.4 is 5.73 Å². The van der Waals surface area contributed by atoms with E-state index in [9.17, 15) is 4.39 Å². The first-order valence-corrected chi connectivity index (χ1v) is 7.81. The van der Waals surface area contributed by atoms with E-state index in [2.05, 4.69) is 17.0 Å². The first-order chi connectivity index (χ1) is 10.0. The summed E-state index contributed by atoms with van der Waals surface area (Å²) in [4.78, 5) is 4.00. The van der Waals surface area contributed by atoms with E-state index in [1.54, 1.807) is 12.1 Å². The van der Waals surface area contributed by atoms with Crippen LogP contribution in [0.25, 0.3) is 0 Å². The summed E-state index contributed by atoms with van der Waals surface area (Å²) in [6, 6.07) is 11.4. The van der Waals surface area contributed by atoms with Crippen LogP contribution in [0.15, 0.2) is 46.2 Å². The Kier molecular flexibility index (Phi) is 5.26. The van der Waals surface area contributed by atoms with Crippen LogP contribution in [0.3, 0.4) is 0 Å². The molecule has 0 spiro atoms. The van der Waals surface area contributed by atoms with Gasteiger partial charge in [-0.15, -0.1) is 0 Å². The smallest absolute Gasteiger partial charge is 0.127 e. The Morgan fingerprint density at radius 3 is 2.48 bits per heavy atom. The Morgan fingerprint density at radius 1 is 1.10 bits per heavy atom. The minimum absolute atomic E-state index is 0.181. The first-order valence-electron chi connectivity index (χ1n) is 6.99. The summed E-state index contributed by atoms with van der Waals surface area (Å²) in [6.45, 7) is 2.77. The molecule has 0 fully saturated rings. The normalized spacial score (nSPS) is 11.1. The predicted octanol–water partition coefficient (Wildman–Crippen LogP) is 4.18. The first kappa shape index (κ1) is 15.9. The molecular formula is C17H21FN2S. The molecule has 0 radical (unpaired) electrons. The molecule has 0 aliphatic carbocycles. The summed E-state index contributed by atoms with van der Waals surface area (Å²) in [5, 5.41) is 0. The molecule has 0 amide bonds. The third kappa shape index (κ3) is 3.99. The number of anilines is 1. The molecule has 0 aromatic heterocycles. The van der Waals surface area contributed by atoms with Crippen LogP contribution in [0.2, 0.25) is 0 Å². The Balaban J connectivity index is 2.32. The third-order valence-corrected chi connectivity index (χ3v) is 4.43. The van der Waals surface area contributed by atoms with Gasteiger partial charge in [0.05, 0.1) is 0 Å². The Bertz CT molecular complexity index is 626. The minimum atomic E-state index is -0.181. The fourth-order valence-electron chi connectivity index (χ4n) is 2.17. The molecule has 21 heavy (non-hydrogen) atoms. The zero-order valence-corrected chi connectivity index (χ0v) is 13.5. The molecule has 0 unspecified atom stereocenters. The van der Waals surface area contributed by atoms with Crippen molar-refractivity contribution in [2.24, 2.45) is 0 Å². The van der Waals surface area contributed by atoms with Gasteiger partial charge in [0, 0.05) is 22.0 Å². The van der Waals surface area contributed by atoms with E-state index in [4.69, 9.17) is 5.73 Å². The molecule has 0 bridgehead atoms. The number of hydrogen-bond donors (Lipinski definition) is 1. The Hall–Kier alpha value is -1.52. The second-order valence-corrected chi connectivity index (χ2v) is 6.37. The fourth-order valence-corrected chi connectivity index (χ4v) is 3.16. The van der Waals surface area contributed by atoms with Gasteiger partial charge in [-0.1, -0.05) is 36.9 Å². The lowest BCUT2D eigenvalue weighted by molar-refractivity contribution is 0.399. The molecule has 112 valence electrons. The number of hydrogen-bond acceptors (Lipinski definition) is 3. The fraction of sp³-hybridized carbons (Fsp3) is 0.294. The maximum atomic E-state index is 14.0. The largest absolute Gasteiger partial charge is 0.398 e. The van der Waals surface area contributed by atoms with Crippen molar-refractivity contribution in [1.29, 1.82) is 0 Å². The van der Waals surface area contributed by atoms with Gasteiger partial charge in [0.1, 0.15) is 5.82 Å². The number of aryl methyl sites for hydroxylation is 1. The lowest BCUT2D eigenvalue weighted by Gasteiger charge is -2.15. The monoisotopic (exact) mass is 304 g/mol. The molecular weight excluding hydrogens is 283 g/mol. The van der Waals surface area contributed by atoms with Gasteiger partial charge in [-0.05, 0) is 49.8 Å². The number of nitrogen functional groups attached to an aromatic ring is 1. The van der Waals surface area contributed by atoms with Crippen molar-refractivity contribution in [2.75, 3.05) is 19.8 Å². The van der Waals surface area contributed by atoms with Gasteiger partial charge in [0.15, 0.2) is 0 Å². The quantitative estimate of drug-likeness (QED) is 0.840. The molecule has 2 nitrogen and oxygen atoms in total. The van der Waals surface area contributed by atoms with Crippen LogP contribution in [-0.2, 0) is 13.0 Å². The summed E-state index contributed by atoms with van der Waals surface area (Å²) >= 11 is 1.52. The lowest BCUT2D eigenvalue weighted by Crippen LogP contribution is -2.11. The van der Waals surface area contributed by atoms with E-state index < -0.39 is 0 Å². The average Bonchev–Trinajstić information content (AvgIpc) is 2.44. The van der Waals surface area contributed by atoms with Crippen molar-refractivity contribution >= 4 is 17.4 Å². The highest BCUT2D eigenvalue weighted by atomic mass is 32.2. The van der Waals surface area contributed by atoms with Crippen molar-refractivity contribution in [2.45, 2.75) is 29.7 Å².